The first-order valence-corrected chi connectivity index (χ1v) is 41.8. The van der Waals surface area contributed by atoms with Crippen LogP contribution in [-0.4, -0.2) is 136 Å². The standard InChI is InChI=1S/C32H50O6.C32H52O5.C32H54O4/c1-29(2)17-21(11-9-15-31(5,6)27(35)36)25(33)23(19-29)13-14-24-20-30(3,4)18-22(26(24)34)12-10-16-32(7,8)28(37)38;1-29(2,21-33)15-9-11-22-17-30(3,4)19-24(26(22)34)13-14-25-20-31(5,6)18-23(27(25)35)12-10-16-32(7,8)28(36)37;1-29(2,21-33)15-9-11-23-17-31(5,6)19-25(27(23)35)13-14-26-20-32(7,8)18-24(28(26)36)12-10-16-30(3,4)22-34/h17-20,25-26,33-34H,9-16H2,1-8H3,(H,35,36)(H,37,38);17-20,26-27,33-35H,9-16,21H2,1-8H3,(H,36,37);17-20,27-28,33-36H,9-16,21-22H2,1-8H3. The van der Waals surface area contributed by atoms with Crippen molar-refractivity contribution < 1.29 is 75.7 Å². The van der Waals surface area contributed by atoms with E-state index in [0.29, 0.717) is 83.5 Å². The van der Waals surface area contributed by atoms with Crippen LogP contribution < -0.4 is 0 Å². The van der Waals surface area contributed by atoms with E-state index in [4.69, 9.17) is 0 Å². The van der Waals surface area contributed by atoms with Gasteiger partial charge in [-0.25, -0.2) is 0 Å². The van der Waals surface area contributed by atoms with E-state index in [1.807, 2.05) is 0 Å². The van der Waals surface area contributed by atoms with Crippen LogP contribution in [0.3, 0.4) is 0 Å². The van der Waals surface area contributed by atoms with Crippen molar-refractivity contribution in [3.8, 4) is 0 Å². The molecule has 0 heterocycles. The lowest BCUT2D eigenvalue weighted by atomic mass is 9.74. The van der Waals surface area contributed by atoms with Gasteiger partial charge < -0.3 is 61.3 Å². The van der Waals surface area contributed by atoms with Crippen molar-refractivity contribution in [2.75, 3.05) is 19.8 Å². The van der Waals surface area contributed by atoms with Gasteiger partial charge in [0.2, 0.25) is 0 Å². The van der Waals surface area contributed by atoms with E-state index < -0.39 is 70.8 Å². The van der Waals surface area contributed by atoms with Gasteiger partial charge in [-0.2, -0.15) is 0 Å². The zero-order valence-corrected chi connectivity index (χ0v) is 73.6. The molecule has 0 aromatic heterocycles. The van der Waals surface area contributed by atoms with Crippen LogP contribution in [-0.2, 0) is 14.4 Å². The van der Waals surface area contributed by atoms with E-state index >= 15 is 0 Å². The van der Waals surface area contributed by atoms with Crippen LogP contribution in [0.1, 0.15) is 320 Å². The number of aliphatic hydroxyl groups is 9. The van der Waals surface area contributed by atoms with Crippen molar-refractivity contribution in [2.24, 2.45) is 65.0 Å². The van der Waals surface area contributed by atoms with E-state index in [1.54, 1.807) is 41.5 Å². The molecule has 0 aliphatic heterocycles. The molecule has 0 saturated heterocycles. The summed E-state index contributed by atoms with van der Waals surface area (Å²) in [4.78, 5) is 34.4. The minimum Gasteiger partial charge on any atom is -0.481 e. The Morgan fingerprint density at radius 3 is 0.477 bits per heavy atom. The van der Waals surface area contributed by atoms with Crippen LogP contribution in [0.2, 0.25) is 0 Å². The lowest BCUT2D eigenvalue weighted by Gasteiger charge is -2.33. The molecule has 6 aliphatic carbocycles. The van der Waals surface area contributed by atoms with Crippen molar-refractivity contribution in [1.29, 1.82) is 0 Å². The van der Waals surface area contributed by atoms with Crippen molar-refractivity contribution in [3.05, 3.63) is 140 Å². The van der Waals surface area contributed by atoms with Gasteiger partial charge in [-0.1, -0.05) is 198 Å². The average Bonchev–Trinajstić information content (AvgIpc) is 0.805. The molecule has 6 aliphatic rings. The number of hydrogen-bond donors (Lipinski definition) is 12. The summed E-state index contributed by atoms with van der Waals surface area (Å²) in [7, 11) is 0. The molecule has 15 heteroatoms. The maximum absolute atomic E-state index is 11.5. The summed E-state index contributed by atoms with van der Waals surface area (Å²) in [6.45, 7) is 49.1. The molecule has 0 bridgehead atoms. The predicted molar refractivity (Wildman–Crippen MR) is 453 cm³/mol. The number of rotatable bonds is 39. The Labute approximate surface area is 671 Å². The number of hydrogen-bond acceptors (Lipinski definition) is 12. The second-order valence-electron chi connectivity index (χ2n) is 42.1. The number of aliphatic hydroxyl groups excluding tert-OH is 9. The van der Waals surface area contributed by atoms with Crippen LogP contribution in [0.4, 0.5) is 0 Å². The maximum Gasteiger partial charge on any atom is 0.309 e. The van der Waals surface area contributed by atoms with E-state index in [9.17, 15) is 75.7 Å². The molecule has 0 fully saturated rings. The molecular weight excluding hydrogens is 1390 g/mol. The molecule has 630 valence electrons. The van der Waals surface area contributed by atoms with Gasteiger partial charge in [-0.05, 0) is 279 Å². The van der Waals surface area contributed by atoms with Gasteiger partial charge in [0, 0.05) is 52.3 Å². The highest BCUT2D eigenvalue weighted by molar-refractivity contribution is 5.74. The molecule has 6 unspecified atom stereocenters. The highest BCUT2D eigenvalue weighted by atomic mass is 16.4. The highest BCUT2D eigenvalue weighted by Gasteiger charge is 2.38. The Morgan fingerprint density at radius 1 is 0.243 bits per heavy atom. The lowest BCUT2D eigenvalue weighted by molar-refractivity contribution is -0.148. The summed E-state index contributed by atoms with van der Waals surface area (Å²) in [6.07, 6.45) is 39.9. The van der Waals surface area contributed by atoms with E-state index in [1.165, 1.54) is 0 Å². The van der Waals surface area contributed by atoms with Crippen LogP contribution in [0.25, 0.3) is 0 Å². The van der Waals surface area contributed by atoms with Crippen LogP contribution >= 0.6 is 0 Å². The summed E-state index contributed by atoms with van der Waals surface area (Å²) >= 11 is 0. The number of aliphatic carboxylic acids is 3. The zero-order valence-electron chi connectivity index (χ0n) is 73.6. The van der Waals surface area contributed by atoms with E-state index in [0.717, 1.165) is 138 Å². The monoisotopic (exact) mass is 1550 g/mol. The van der Waals surface area contributed by atoms with Gasteiger partial charge in [0.15, 0.2) is 0 Å². The quantitative estimate of drug-likeness (QED) is 0.0255. The SMILES string of the molecule is CC1(C)C=C(CCCC(C)(C)C(=O)O)C(O)C(CCC2=CC(C)(C)C=C(CCCC(C)(C)C(=O)O)C2O)=C1.CC1(C)C=C(CCCC(C)(C)CO)C(O)C(CCC2=CC(C)(C)C=C(CCCC(C)(C)C(=O)O)C2O)=C1.CC1(C)C=C(CCCC(C)(C)CO)C(O)C(CCC2=CC(C)(C)C=C(CCCC(C)(C)CO)C2O)=C1. The third-order valence-corrected chi connectivity index (χ3v) is 23.8. The van der Waals surface area contributed by atoms with Crippen molar-refractivity contribution in [1.82, 2.24) is 0 Å². The van der Waals surface area contributed by atoms with Gasteiger partial charge >= 0.3 is 17.9 Å². The summed E-state index contributed by atoms with van der Waals surface area (Å²) in [5, 5.41) is 124. The molecular formula is C96H156O15. The zero-order chi connectivity index (χ0) is 84.7. The van der Waals surface area contributed by atoms with Crippen molar-refractivity contribution in [3.63, 3.8) is 0 Å². The second kappa shape index (κ2) is 39.7. The van der Waals surface area contributed by atoms with E-state index in [-0.39, 0.29) is 68.6 Å². The predicted octanol–water partition coefficient (Wildman–Crippen LogP) is 20.2. The largest absolute Gasteiger partial charge is 0.481 e. The Hall–Kier alpha value is -5.07. The lowest BCUT2D eigenvalue weighted by Crippen LogP contribution is -2.27. The number of carboxylic acid groups (broad SMARTS) is 3. The molecule has 15 nitrogen and oxygen atoms in total. The Bertz CT molecular complexity index is 3400. The molecule has 0 aromatic rings. The fraction of sp³-hybridized carbons (Fsp3) is 0.719. The van der Waals surface area contributed by atoms with E-state index in [2.05, 4.69) is 198 Å². The summed E-state index contributed by atoms with van der Waals surface area (Å²) in [5.41, 5.74) is 8.38. The minimum absolute atomic E-state index is 0.0934. The number of carbonyl (C=O) groups is 3. The van der Waals surface area contributed by atoms with Gasteiger partial charge in [0.1, 0.15) is 0 Å². The van der Waals surface area contributed by atoms with Crippen molar-refractivity contribution in [2.45, 2.75) is 357 Å². The molecule has 6 atom stereocenters. The molecule has 12 N–H and O–H groups in total. The third-order valence-electron chi connectivity index (χ3n) is 23.8. The van der Waals surface area contributed by atoms with Gasteiger partial charge in [0.05, 0.1) is 52.9 Å². The Balaban J connectivity index is 0.000000351. The van der Waals surface area contributed by atoms with Gasteiger partial charge in [-0.15, -0.1) is 0 Å². The highest BCUT2D eigenvalue weighted by Crippen LogP contribution is 2.46. The fourth-order valence-electron chi connectivity index (χ4n) is 16.8. The Morgan fingerprint density at radius 2 is 0.360 bits per heavy atom. The van der Waals surface area contributed by atoms with Crippen LogP contribution in [0.5, 0.6) is 0 Å². The van der Waals surface area contributed by atoms with Crippen LogP contribution in [0.15, 0.2) is 140 Å². The molecule has 0 amide bonds. The maximum atomic E-state index is 11.5. The van der Waals surface area contributed by atoms with Gasteiger partial charge in [-0.3, -0.25) is 14.4 Å². The molecule has 0 aromatic carbocycles. The first-order chi connectivity index (χ1) is 50.6. The fourth-order valence-corrected chi connectivity index (χ4v) is 16.8. The average molecular weight is 1550 g/mol. The van der Waals surface area contributed by atoms with Crippen LogP contribution in [0, 0.1) is 65.0 Å². The van der Waals surface area contributed by atoms with Gasteiger partial charge in [0.25, 0.3) is 0 Å². The summed E-state index contributed by atoms with van der Waals surface area (Å²) in [6, 6.07) is 0. The first-order valence-electron chi connectivity index (χ1n) is 41.8. The molecule has 6 rings (SSSR count). The number of carboxylic acids is 3. The minimum atomic E-state index is -0.808. The normalized spacial score (nSPS) is 23.6. The smallest absolute Gasteiger partial charge is 0.309 e. The molecule has 0 spiro atoms. The molecule has 111 heavy (non-hydrogen) atoms. The summed E-state index contributed by atoms with van der Waals surface area (Å²) in [5.74, 6) is -2.41. The number of allylic oxidation sites excluding steroid dienone is 12. The third kappa shape index (κ3) is 31.8. The topological polar surface area (TPSA) is 294 Å². The molecule has 0 saturated carbocycles. The summed E-state index contributed by atoms with van der Waals surface area (Å²) < 4.78 is 0. The molecule has 0 radical (unpaired) electrons. The first kappa shape index (κ1) is 98.3. The second-order valence-corrected chi connectivity index (χ2v) is 42.1. The Kier molecular flexibility index (Phi) is 35.2. The van der Waals surface area contributed by atoms with Crippen molar-refractivity contribution >= 4 is 17.9 Å².